The van der Waals surface area contributed by atoms with Crippen LogP contribution in [0.5, 0.6) is 0 Å². The van der Waals surface area contributed by atoms with Gasteiger partial charge in [-0.2, -0.15) is 0 Å². The molecular weight excluding hydrogens is 326 g/mol. The van der Waals surface area contributed by atoms with Crippen molar-refractivity contribution < 1.29 is 28.8 Å². The fourth-order valence-electron chi connectivity index (χ4n) is 5.87. The summed E-state index contributed by atoms with van der Waals surface area (Å²) in [7, 11) is 0. The number of cyclic esters (lactones) is 1. The number of nitrogens with one attached hydrogen (secondary N) is 1. The normalized spacial score (nSPS) is 57.7. The number of fused-ring (bicyclic) bond motifs is 2. The highest BCUT2D eigenvalue weighted by Gasteiger charge is 2.70. The summed E-state index contributed by atoms with van der Waals surface area (Å²) in [5.41, 5.74) is -0.563. The van der Waals surface area contributed by atoms with Crippen LogP contribution >= 0.6 is 0 Å². The fourth-order valence-corrected chi connectivity index (χ4v) is 5.87. The maximum absolute atomic E-state index is 11.6. The summed E-state index contributed by atoms with van der Waals surface area (Å²) in [5, 5.41) is 3.13. The second-order valence-corrected chi connectivity index (χ2v) is 8.66. The number of rotatable bonds is 1. The zero-order valence-corrected chi connectivity index (χ0v) is 15.0. The lowest BCUT2D eigenvalue weighted by molar-refractivity contribution is -0.572. The Balaban J connectivity index is 1.53. The largest absolute Gasteiger partial charge is 0.443 e. The van der Waals surface area contributed by atoms with Crippen LogP contribution in [-0.4, -0.2) is 42.5 Å². The first kappa shape index (κ1) is 16.4. The molecule has 1 aliphatic carbocycles. The molecule has 6 aliphatic rings. The number of carbonyl (C=O) groups is 1. The fraction of sp³-hybridized carbons (Fsp3) is 0.944. The van der Waals surface area contributed by atoms with E-state index < -0.39 is 23.9 Å². The van der Waals surface area contributed by atoms with Gasteiger partial charge in [-0.3, -0.25) is 10.1 Å². The second-order valence-electron chi connectivity index (χ2n) is 8.66. The van der Waals surface area contributed by atoms with Crippen molar-refractivity contribution in [2.24, 2.45) is 23.7 Å². The lowest BCUT2D eigenvalue weighted by Gasteiger charge is -2.60. The van der Waals surface area contributed by atoms with Crippen LogP contribution in [0.3, 0.4) is 0 Å². The van der Waals surface area contributed by atoms with Crippen LogP contribution in [0.25, 0.3) is 0 Å². The van der Waals surface area contributed by atoms with Gasteiger partial charge in [0.15, 0.2) is 18.1 Å². The van der Waals surface area contributed by atoms with Crippen molar-refractivity contribution in [1.82, 2.24) is 5.32 Å². The molecule has 1 saturated carbocycles. The monoisotopic (exact) mass is 353 g/mol. The molecule has 1 N–H and O–H groups in total. The molecule has 7 heteroatoms. The van der Waals surface area contributed by atoms with Gasteiger partial charge in [-0.15, -0.1) is 0 Å². The predicted octanol–water partition coefficient (Wildman–Crippen LogP) is 1.71. The summed E-state index contributed by atoms with van der Waals surface area (Å²) in [4.78, 5) is 23.5. The van der Waals surface area contributed by atoms with Crippen molar-refractivity contribution in [2.75, 3.05) is 6.54 Å². The van der Waals surface area contributed by atoms with Gasteiger partial charge >= 0.3 is 5.97 Å². The molecule has 0 aromatic heterocycles. The molecule has 1 spiro atoms. The van der Waals surface area contributed by atoms with Gasteiger partial charge in [0.05, 0.1) is 6.54 Å². The maximum Gasteiger partial charge on any atom is 0.321 e. The second kappa shape index (κ2) is 5.39. The van der Waals surface area contributed by atoms with E-state index in [0.29, 0.717) is 11.8 Å². The minimum Gasteiger partial charge on any atom is -0.443 e. The predicted molar refractivity (Wildman–Crippen MR) is 84.7 cm³/mol. The highest BCUT2D eigenvalue weighted by Crippen LogP contribution is 2.60. The summed E-state index contributed by atoms with van der Waals surface area (Å²) in [6, 6.07) is 0. The molecule has 140 valence electrons. The van der Waals surface area contributed by atoms with Crippen molar-refractivity contribution in [1.29, 1.82) is 0 Å². The number of hydrogen-bond acceptors (Lipinski definition) is 7. The number of carbonyl (C=O) groups excluding carboxylic acids is 1. The molecular formula is C18H27NO6. The first-order valence-electron chi connectivity index (χ1n) is 9.56. The van der Waals surface area contributed by atoms with E-state index in [4.69, 9.17) is 24.0 Å². The van der Waals surface area contributed by atoms with Crippen molar-refractivity contribution in [2.45, 2.75) is 76.5 Å². The summed E-state index contributed by atoms with van der Waals surface area (Å²) in [6.07, 6.45) is 2.87. The molecule has 5 heterocycles. The summed E-state index contributed by atoms with van der Waals surface area (Å²) in [5.74, 6) is 0.309. The molecule has 25 heavy (non-hydrogen) atoms. The zero-order valence-electron chi connectivity index (χ0n) is 15.0. The van der Waals surface area contributed by atoms with Crippen LogP contribution in [0.15, 0.2) is 0 Å². The van der Waals surface area contributed by atoms with E-state index in [2.05, 4.69) is 19.2 Å². The van der Waals surface area contributed by atoms with E-state index in [1.807, 2.05) is 6.92 Å². The molecule has 0 aromatic rings. The SMILES string of the molecule is C[C@H]1C(C2NCC(=O)O2)O[C@@H]2O[C@]3(C)CCC4[C@H](C)CCC1C42OO3. The van der Waals surface area contributed by atoms with Crippen molar-refractivity contribution in [3.8, 4) is 0 Å². The van der Waals surface area contributed by atoms with Crippen molar-refractivity contribution in [3.63, 3.8) is 0 Å². The summed E-state index contributed by atoms with van der Waals surface area (Å²) >= 11 is 0. The maximum atomic E-state index is 11.6. The van der Waals surface area contributed by atoms with Gasteiger partial charge in [-0.25, -0.2) is 9.78 Å². The molecule has 5 aliphatic heterocycles. The number of hydrogen-bond donors (Lipinski definition) is 1. The van der Waals surface area contributed by atoms with Crippen LogP contribution in [0.2, 0.25) is 0 Å². The third-order valence-electron chi connectivity index (χ3n) is 7.21. The average Bonchev–Trinajstić information content (AvgIpc) is 2.88. The van der Waals surface area contributed by atoms with Crippen LogP contribution in [0.1, 0.15) is 46.5 Å². The molecule has 9 atom stereocenters. The molecule has 5 saturated heterocycles. The van der Waals surface area contributed by atoms with Gasteiger partial charge in [-0.05, 0) is 43.9 Å². The first-order chi connectivity index (χ1) is 11.9. The molecule has 5 unspecified atom stereocenters. The van der Waals surface area contributed by atoms with E-state index in [9.17, 15) is 4.79 Å². The lowest BCUT2D eigenvalue weighted by atomic mass is 9.57. The standard InChI is InChI=1S/C18H27NO6/c1-9-4-5-12-10(2)14(15-19-8-13(20)21-15)22-16-18(12)11(9)6-7-17(3,23-16)24-25-18/h9-12,14-16,19H,4-8H2,1-3H3/t9-,10-,11?,12?,14?,15?,16-,17+,18?/m1/s1. The van der Waals surface area contributed by atoms with Crippen LogP contribution in [0.4, 0.5) is 0 Å². The summed E-state index contributed by atoms with van der Waals surface area (Å²) in [6.45, 7) is 6.62. The quantitative estimate of drug-likeness (QED) is 0.568. The smallest absolute Gasteiger partial charge is 0.321 e. The lowest BCUT2D eigenvalue weighted by Crippen LogP contribution is -2.71. The van der Waals surface area contributed by atoms with E-state index in [1.54, 1.807) is 0 Å². The average molecular weight is 353 g/mol. The van der Waals surface area contributed by atoms with Gasteiger partial charge in [0.1, 0.15) is 6.10 Å². The van der Waals surface area contributed by atoms with E-state index >= 15 is 0 Å². The number of ether oxygens (including phenoxy) is 3. The molecule has 0 aromatic carbocycles. The Hall–Kier alpha value is -0.730. The van der Waals surface area contributed by atoms with E-state index in [1.165, 1.54) is 6.42 Å². The third-order valence-corrected chi connectivity index (χ3v) is 7.21. The zero-order chi connectivity index (χ0) is 17.4. The van der Waals surface area contributed by atoms with Crippen LogP contribution in [-0.2, 0) is 28.8 Å². The van der Waals surface area contributed by atoms with E-state index in [0.717, 1.165) is 19.3 Å². The first-order valence-corrected chi connectivity index (χ1v) is 9.56. The highest BCUT2D eigenvalue weighted by molar-refractivity contribution is 5.73. The van der Waals surface area contributed by atoms with Gasteiger partial charge in [0.25, 0.3) is 0 Å². The summed E-state index contributed by atoms with van der Waals surface area (Å²) < 4.78 is 18.2. The minimum absolute atomic E-state index is 0.171. The molecule has 0 radical (unpaired) electrons. The molecule has 6 fully saturated rings. The van der Waals surface area contributed by atoms with Crippen LogP contribution in [0, 0.1) is 23.7 Å². The van der Waals surface area contributed by atoms with Gasteiger partial charge in [0, 0.05) is 12.3 Å². The van der Waals surface area contributed by atoms with Gasteiger partial charge in [0.2, 0.25) is 5.79 Å². The van der Waals surface area contributed by atoms with Crippen LogP contribution < -0.4 is 5.32 Å². The molecule has 6 rings (SSSR count). The third kappa shape index (κ3) is 2.19. The Labute approximate surface area is 147 Å². The van der Waals surface area contributed by atoms with Crippen molar-refractivity contribution >= 4 is 5.97 Å². The Kier molecular flexibility index (Phi) is 3.55. The van der Waals surface area contributed by atoms with Gasteiger partial charge in [-0.1, -0.05) is 13.8 Å². The Morgan fingerprint density at radius 3 is 2.72 bits per heavy atom. The Bertz CT molecular complexity index is 586. The molecule has 7 nitrogen and oxygen atoms in total. The molecule has 0 amide bonds. The topological polar surface area (TPSA) is 75.3 Å². The number of esters is 1. The Morgan fingerprint density at radius 1 is 1.12 bits per heavy atom. The Morgan fingerprint density at radius 2 is 1.96 bits per heavy atom. The van der Waals surface area contributed by atoms with E-state index in [-0.39, 0.29) is 30.5 Å². The minimum atomic E-state index is -0.775. The van der Waals surface area contributed by atoms with Gasteiger partial charge < -0.3 is 14.2 Å². The molecule has 2 bridgehead atoms. The highest BCUT2D eigenvalue weighted by atomic mass is 17.3. The van der Waals surface area contributed by atoms with Crippen molar-refractivity contribution in [3.05, 3.63) is 0 Å².